The molecule has 158 valence electrons. The number of amides is 2. The Hall–Kier alpha value is -2.00. The molecule has 1 heterocycles. The van der Waals surface area contributed by atoms with Crippen LogP contribution in [0.5, 0.6) is 11.5 Å². The van der Waals surface area contributed by atoms with Gasteiger partial charge in [0.25, 0.3) is 0 Å². The van der Waals surface area contributed by atoms with Gasteiger partial charge in [0.05, 0.1) is 25.7 Å². The summed E-state index contributed by atoms with van der Waals surface area (Å²) in [6, 6.07) is 5.18. The Labute approximate surface area is 167 Å². The molecule has 1 unspecified atom stereocenters. The molecule has 1 aliphatic rings. The van der Waals surface area contributed by atoms with Gasteiger partial charge in [-0.25, -0.2) is 13.2 Å². The lowest BCUT2D eigenvalue weighted by Crippen LogP contribution is -2.49. The zero-order valence-electron chi connectivity index (χ0n) is 17.1. The van der Waals surface area contributed by atoms with Gasteiger partial charge >= 0.3 is 6.03 Å². The molecular formula is C19H31N3O5S. The maximum Gasteiger partial charge on any atom is 0.317 e. The van der Waals surface area contributed by atoms with Crippen molar-refractivity contribution in [3.8, 4) is 11.5 Å². The van der Waals surface area contributed by atoms with Gasteiger partial charge in [-0.1, -0.05) is 6.07 Å². The summed E-state index contributed by atoms with van der Waals surface area (Å²) >= 11 is 0. The summed E-state index contributed by atoms with van der Waals surface area (Å²) in [5.41, 5.74) is 1.02. The standard InChI is InChI=1S/C19H31N3O5S/c1-21(2)10-11-22(16-8-12-28(24,25)14-16)19(23)20-9-7-15-5-6-17(26-3)18(13-15)27-4/h5-6,13,16H,7-12,14H2,1-4H3,(H,20,23). The minimum Gasteiger partial charge on any atom is -0.493 e. The van der Waals surface area contributed by atoms with E-state index in [2.05, 4.69) is 5.32 Å². The first-order chi connectivity index (χ1) is 13.3. The molecule has 1 saturated heterocycles. The summed E-state index contributed by atoms with van der Waals surface area (Å²) in [6.45, 7) is 1.63. The van der Waals surface area contributed by atoms with Crippen molar-refractivity contribution in [2.24, 2.45) is 0 Å². The van der Waals surface area contributed by atoms with Crippen molar-refractivity contribution >= 4 is 15.9 Å². The summed E-state index contributed by atoms with van der Waals surface area (Å²) in [4.78, 5) is 16.4. The number of carbonyl (C=O) groups excluding carboxylic acids is 1. The highest BCUT2D eigenvalue weighted by Gasteiger charge is 2.34. The molecule has 0 spiro atoms. The number of hydrogen-bond donors (Lipinski definition) is 1. The lowest BCUT2D eigenvalue weighted by molar-refractivity contribution is 0.173. The van der Waals surface area contributed by atoms with E-state index >= 15 is 0 Å². The predicted octanol–water partition coefficient (Wildman–Crippen LogP) is 1.01. The molecule has 1 N–H and O–H groups in total. The number of sulfone groups is 1. The van der Waals surface area contributed by atoms with Gasteiger partial charge < -0.3 is 24.6 Å². The van der Waals surface area contributed by atoms with Crippen molar-refractivity contribution in [3.05, 3.63) is 23.8 Å². The second kappa shape index (κ2) is 9.97. The molecule has 0 radical (unpaired) electrons. The SMILES string of the molecule is COc1ccc(CCNC(=O)N(CCN(C)C)C2CCS(=O)(=O)C2)cc1OC. The van der Waals surface area contributed by atoms with Crippen LogP contribution in [0.1, 0.15) is 12.0 Å². The molecule has 1 aromatic carbocycles. The highest BCUT2D eigenvalue weighted by Crippen LogP contribution is 2.27. The number of rotatable bonds is 9. The van der Waals surface area contributed by atoms with Crippen LogP contribution in [0.4, 0.5) is 4.79 Å². The van der Waals surface area contributed by atoms with Crippen LogP contribution in [0, 0.1) is 0 Å². The molecule has 1 aliphatic heterocycles. The number of nitrogens with one attached hydrogen (secondary N) is 1. The average Bonchev–Trinajstić information content (AvgIpc) is 3.01. The quantitative estimate of drug-likeness (QED) is 0.650. The number of carbonyl (C=O) groups is 1. The zero-order chi connectivity index (χ0) is 20.7. The van der Waals surface area contributed by atoms with E-state index in [-0.39, 0.29) is 23.6 Å². The van der Waals surface area contributed by atoms with Gasteiger partial charge in [0, 0.05) is 25.7 Å². The number of likely N-dealkylation sites (N-methyl/N-ethyl adjacent to an activating group) is 1. The summed E-state index contributed by atoms with van der Waals surface area (Å²) in [5, 5.41) is 2.93. The fourth-order valence-corrected chi connectivity index (χ4v) is 4.96. The molecule has 1 fully saturated rings. The van der Waals surface area contributed by atoms with E-state index in [0.29, 0.717) is 44.0 Å². The summed E-state index contributed by atoms with van der Waals surface area (Å²) < 4.78 is 34.2. The average molecular weight is 414 g/mol. The largest absolute Gasteiger partial charge is 0.493 e. The highest BCUT2D eigenvalue weighted by atomic mass is 32.2. The number of hydrogen-bond acceptors (Lipinski definition) is 6. The zero-order valence-corrected chi connectivity index (χ0v) is 17.9. The van der Waals surface area contributed by atoms with Crippen LogP contribution in [-0.2, 0) is 16.3 Å². The molecule has 2 amide bonds. The van der Waals surface area contributed by atoms with Crippen molar-refractivity contribution in [3.63, 3.8) is 0 Å². The number of ether oxygens (including phenoxy) is 2. The third-order valence-electron chi connectivity index (χ3n) is 4.84. The first-order valence-electron chi connectivity index (χ1n) is 9.36. The fourth-order valence-electron chi connectivity index (χ4n) is 3.23. The van der Waals surface area contributed by atoms with E-state index < -0.39 is 9.84 Å². The van der Waals surface area contributed by atoms with E-state index in [1.54, 1.807) is 19.1 Å². The van der Waals surface area contributed by atoms with Crippen LogP contribution >= 0.6 is 0 Å². The first-order valence-corrected chi connectivity index (χ1v) is 11.2. The Morgan fingerprint density at radius 3 is 2.46 bits per heavy atom. The van der Waals surface area contributed by atoms with Crippen molar-refractivity contribution < 1.29 is 22.7 Å². The summed E-state index contributed by atoms with van der Waals surface area (Å²) in [6.07, 6.45) is 1.13. The lowest BCUT2D eigenvalue weighted by Gasteiger charge is -2.29. The van der Waals surface area contributed by atoms with Crippen molar-refractivity contribution in [2.75, 3.05) is 59.5 Å². The molecule has 28 heavy (non-hydrogen) atoms. The topological polar surface area (TPSA) is 88.2 Å². The van der Waals surface area contributed by atoms with Crippen LogP contribution in [0.15, 0.2) is 18.2 Å². The van der Waals surface area contributed by atoms with E-state index in [9.17, 15) is 13.2 Å². The van der Waals surface area contributed by atoms with Gasteiger partial charge in [0.1, 0.15) is 0 Å². The van der Waals surface area contributed by atoms with Gasteiger partial charge in [-0.15, -0.1) is 0 Å². The molecule has 1 atom stereocenters. The minimum atomic E-state index is -3.05. The van der Waals surface area contributed by atoms with Gasteiger partial charge in [-0.3, -0.25) is 0 Å². The lowest BCUT2D eigenvalue weighted by atomic mass is 10.1. The Morgan fingerprint density at radius 2 is 1.89 bits per heavy atom. The number of methoxy groups -OCH3 is 2. The van der Waals surface area contributed by atoms with Gasteiger partial charge in [0.15, 0.2) is 21.3 Å². The fraction of sp³-hybridized carbons (Fsp3) is 0.632. The molecule has 0 bridgehead atoms. The smallest absolute Gasteiger partial charge is 0.317 e. The van der Waals surface area contributed by atoms with Crippen LogP contribution in [0.25, 0.3) is 0 Å². The number of benzene rings is 1. The van der Waals surface area contributed by atoms with Gasteiger partial charge in [-0.05, 0) is 44.6 Å². The Balaban J connectivity index is 1.95. The number of nitrogens with zero attached hydrogens (tertiary/aromatic N) is 2. The Morgan fingerprint density at radius 1 is 1.18 bits per heavy atom. The third-order valence-corrected chi connectivity index (χ3v) is 6.59. The van der Waals surface area contributed by atoms with Crippen LogP contribution < -0.4 is 14.8 Å². The molecule has 8 nitrogen and oxygen atoms in total. The van der Waals surface area contributed by atoms with Crippen LogP contribution in [0.3, 0.4) is 0 Å². The van der Waals surface area contributed by atoms with E-state index in [1.165, 1.54) is 0 Å². The first kappa shape index (κ1) is 22.3. The number of urea groups is 1. The molecule has 0 aliphatic carbocycles. The molecule has 1 aromatic rings. The predicted molar refractivity (Wildman–Crippen MR) is 109 cm³/mol. The van der Waals surface area contributed by atoms with Crippen molar-refractivity contribution in [2.45, 2.75) is 18.9 Å². The summed E-state index contributed by atoms with van der Waals surface area (Å²) in [7, 11) is 3.98. The van der Waals surface area contributed by atoms with Gasteiger partial charge in [0.2, 0.25) is 0 Å². The molecule has 0 saturated carbocycles. The second-order valence-electron chi connectivity index (χ2n) is 7.22. The van der Waals surface area contributed by atoms with Crippen molar-refractivity contribution in [1.82, 2.24) is 15.1 Å². The monoisotopic (exact) mass is 413 g/mol. The Bertz CT molecular complexity index is 767. The van der Waals surface area contributed by atoms with E-state index in [1.807, 2.05) is 37.2 Å². The second-order valence-corrected chi connectivity index (χ2v) is 9.45. The molecule has 9 heteroatoms. The molecular weight excluding hydrogens is 382 g/mol. The maximum atomic E-state index is 12.7. The van der Waals surface area contributed by atoms with Gasteiger partial charge in [-0.2, -0.15) is 0 Å². The highest BCUT2D eigenvalue weighted by molar-refractivity contribution is 7.91. The third kappa shape index (κ3) is 6.27. The van der Waals surface area contributed by atoms with E-state index in [0.717, 1.165) is 5.56 Å². The normalized spacial score (nSPS) is 18.1. The minimum absolute atomic E-state index is 0.0452. The molecule has 0 aromatic heterocycles. The van der Waals surface area contributed by atoms with E-state index in [4.69, 9.17) is 9.47 Å². The molecule has 2 rings (SSSR count). The van der Waals surface area contributed by atoms with Crippen molar-refractivity contribution in [1.29, 1.82) is 0 Å². The van der Waals surface area contributed by atoms with Crippen LogP contribution in [0.2, 0.25) is 0 Å². The summed E-state index contributed by atoms with van der Waals surface area (Å²) in [5.74, 6) is 1.50. The van der Waals surface area contributed by atoms with Crippen LogP contribution in [-0.4, -0.2) is 89.7 Å². The maximum absolute atomic E-state index is 12.7. The Kier molecular flexibility index (Phi) is 7.94.